The van der Waals surface area contributed by atoms with E-state index in [4.69, 9.17) is 21.1 Å². The molecule has 0 bridgehead atoms. The number of pyridine rings is 1. The van der Waals surface area contributed by atoms with Crippen LogP contribution in [-0.2, 0) is 9.53 Å². The van der Waals surface area contributed by atoms with Crippen LogP contribution < -0.4 is 9.47 Å². The van der Waals surface area contributed by atoms with Gasteiger partial charge in [0.1, 0.15) is 18.1 Å². The molecular formula is C18H14ClF4NO4. The lowest BCUT2D eigenvalue weighted by molar-refractivity contribution is -0.149. The predicted octanol–water partition coefficient (Wildman–Crippen LogP) is 5.10. The zero-order valence-corrected chi connectivity index (χ0v) is 15.1. The molecule has 0 aliphatic carbocycles. The van der Waals surface area contributed by atoms with Crippen LogP contribution in [-0.4, -0.2) is 29.8 Å². The molecule has 10 heteroatoms. The van der Waals surface area contributed by atoms with Crippen LogP contribution in [0.3, 0.4) is 0 Å². The second kappa shape index (κ2) is 9.41. The highest BCUT2D eigenvalue weighted by molar-refractivity contribution is 6.30. The van der Waals surface area contributed by atoms with Gasteiger partial charge in [-0.15, -0.1) is 0 Å². The van der Waals surface area contributed by atoms with Gasteiger partial charge in [0.15, 0.2) is 11.9 Å². The summed E-state index contributed by atoms with van der Waals surface area (Å²) in [5, 5.41) is 0.128. The summed E-state index contributed by atoms with van der Waals surface area (Å²) in [4.78, 5) is 15.4. The van der Waals surface area contributed by atoms with Crippen molar-refractivity contribution in [2.24, 2.45) is 0 Å². The monoisotopic (exact) mass is 419 g/mol. The van der Waals surface area contributed by atoms with Gasteiger partial charge in [-0.3, -0.25) is 0 Å². The van der Waals surface area contributed by atoms with E-state index < -0.39 is 30.7 Å². The number of rotatable bonds is 7. The number of hydrogen-bond donors (Lipinski definition) is 0. The first-order valence-corrected chi connectivity index (χ1v) is 8.18. The SMILES string of the molecule is CC(Oc1ccc(Oc2ncc(Cl)cc2F)cc1)C(=O)OC/C=C/C(F)(F)F. The molecule has 2 aromatic rings. The van der Waals surface area contributed by atoms with Crippen LogP contribution in [0.5, 0.6) is 17.4 Å². The van der Waals surface area contributed by atoms with Crippen LogP contribution >= 0.6 is 11.6 Å². The van der Waals surface area contributed by atoms with Gasteiger partial charge < -0.3 is 14.2 Å². The molecule has 5 nitrogen and oxygen atoms in total. The number of alkyl halides is 3. The molecule has 150 valence electrons. The Morgan fingerprint density at radius 2 is 1.89 bits per heavy atom. The average molecular weight is 420 g/mol. The number of halogens is 5. The Kier molecular flexibility index (Phi) is 7.22. The molecule has 0 amide bonds. The van der Waals surface area contributed by atoms with Gasteiger partial charge in [-0.1, -0.05) is 11.6 Å². The lowest BCUT2D eigenvalue weighted by Gasteiger charge is -2.14. The molecule has 28 heavy (non-hydrogen) atoms. The molecule has 2 rings (SSSR count). The van der Waals surface area contributed by atoms with Crippen LogP contribution in [0.2, 0.25) is 5.02 Å². The first-order chi connectivity index (χ1) is 13.1. The Hall–Kier alpha value is -2.81. The molecule has 0 fully saturated rings. The van der Waals surface area contributed by atoms with Gasteiger partial charge in [-0.05, 0) is 43.3 Å². The van der Waals surface area contributed by atoms with Crippen molar-refractivity contribution >= 4 is 17.6 Å². The zero-order chi connectivity index (χ0) is 20.7. The highest BCUT2D eigenvalue weighted by Gasteiger charge is 2.22. The van der Waals surface area contributed by atoms with E-state index in [1.807, 2.05) is 0 Å². The molecule has 0 spiro atoms. The fourth-order valence-electron chi connectivity index (χ4n) is 1.86. The zero-order valence-electron chi connectivity index (χ0n) is 14.4. The minimum absolute atomic E-state index is 0.0249. The van der Waals surface area contributed by atoms with E-state index in [-0.39, 0.29) is 28.5 Å². The Balaban J connectivity index is 1.87. The highest BCUT2D eigenvalue weighted by Crippen LogP contribution is 2.26. The normalized spacial score (nSPS) is 12.6. The summed E-state index contributed by atoms with van der Waals surface area (Å²) in [5.41, 5.74) is 0. The molecule has 0 saturated carbocycles. The van der Waals surface area contributed by atoms with Crippen LogP contribution in [0.4, 0.5) is 17.6 Å². The van der Waals surface area contributed by atoms with E-state index in [0.29, 0.717) is 6.08 Å². The van der Waals surface area contributed by atoms with E-state index in [1.165, 1.54) is 37.4 Å². The molecule has 0 radical (unpaired) electrons. The van der Waals surface area contributed by atoms with Crippen molar-refractivity contribution in [2.75, 3.05) is 6.61 Å². The number of benzene rings is 1. The van der Waals surface area contributed by atoms with Crippen LogP contribution in [0, 0.1) is 5.82 Å². The van der Waals surface area contributed by atoms with Crippen LogP contribution in [0.1, 0.15) is 6.92 Å². The molecule has 0 aliphatic heterocycles. The number of esters is 1. The highest BCUT2D eigenvalue weighted by atomic mass is 35.5. The van der Waals surface area contributed by atoms with Crippen molar-refractivity contribution in [3.8, 4) is 17.4 Å². The van der Waals surface area contributed by atoms with Crippen LogP contribution in [0.25, 0.3) is 0 Å². The second-order valence-electron chi connectivity index (χ2n) is 5.35. The third-order valence-electron chi connectivity index (χ3n) is 3.09. The number of hydrogen-bond acceptors (Lipinski definition) is 5. The van der Waals surface area contributed by atoms with Gasteiger partial charge in [0.05, 0.1) is 5.02 Å². The van der Waals surface area contributed by atoms with Crippen molar-refractivity contribution in [2.45, 2.75) is 19.2 Å². The summed E-state index contributed by atoms with van der Waals surface area (Å²) >= 11 is 5.61. The maximum absolute atomic E-state index is 13.7. The van der Waals surface area contributed by atoms with E-state index in [2.05, 4.69) is 9.72 Å². The standard InChI is InChI=1S/C18H14ClF4NO4/c1-11(17(25)26-8-2-7-18(21,22)23)27-13-3-5-14(6-4-13)28-16-15(20)9-12(19)10-24-16/h2-7,9-11H,8H2,1H3/b7-2+. The van der Waals surface area contributed by atoms with Gasteiger partial charge in [0, 0.05) is 12.3 Å². The van der Waals surface area contributed by atoms with Crippen molar-refractivity contribution in [1.82, 2.24) is 4.98 Å². The molecule has 1 aromatic carbocycles. The Bertz CT molecular complexity index is 840. The number of aromatic nitrogens is 1. The molecule has 1 aromatic heterocycles. The molecule has 0 N–H and O–H groups in total. The minimum Gasteiger partial charge on any atom is -0.479 e. The summed E-state index contributed by atoms with van der Waals surface area (Å²) in [6.45, 7) is 0.853. The molecule has 0 saturated heterocycles. The van der Waals surface area contributed by atoms with E-state index in [9.17, 15) is 22.4 Å². The van der Waals surface area contributed by atoms with E-state index >= 15 is 0 Å². The van der Waals surface area contributed by atoms with Gasteiger partial charge in [0.25, 0.3) is 5.88 Å². The summed E-state index contributed by atoms with van der Waals surface area (Å²) in [6, 6.07) is 6.87. The van der Waals surface area contributed by atoms with E-state index in [0.717, 1.165) is 6.07 Å². The first kappa shape index (κ1) is 21.5. The summed E-state index contributed by atoms with van der Waals surface area (Å²) in [6.07, 6.45) is -3.64. The average Bonchev–Trinajstić information content (AvgIpc) is 2.61. The Labute approximate surface area is 162 Å². The topological polar surface area (TPSA) is 57.7 Å². The molecule has 1 unspecified atom stereocenters. The maximum atomic E-state index is 13.7. The van der Waals surface area contributed by atoms with Crippen molar-refractivity contribution in [3.63, 3.8) is 0 Å². The Morgan fingerprint density at radius 1 is 1.25 bits per heavy atom. The Morgan fingerprint density at radius 3 is 2.50 bits per heavy atom. The smallest absolute Gasteiger partial charge is 0.409 e. The third-order valence-corrected chi connectivity index (χ3v) is 3.29. The summed E-state index contributed by atoms with van der Waals surface area (Å²) in [5.74, 6) is -1.30. The second-order valence-corrected chi connectivity index (χ2v) is 5.78. The molecule has 1 atom stereocenters. The van der Waals surface area contributed by atoms with Gasteiger partial charge in [0.2, 0.25) is 0 Å². The first-order valence-electron chi connectivity index (χ1n) is 7.81. The number of carbonyl (C=O) groups excluding carboxylic acids is 1. The third kappa shape index (κ3) is 7.07. The lowest BCUT2D eigenvalue weighted by Crippen LogP contribution is -2.26. The number of ether oxygens (including phenoxy) is 3. The predicted molar refractivity (Wildman–Crippen MR) is 92.0 cm³/mol. The number of nitrogens with zero attached hydrogens (tertiary/aromatic N) is 1. The fourth-order valence-corrected chi connectivity index (χ4v) is 2.00. The van der Waals surface area contributed by atoms with Crippen molar-refractivity contribution in [1.29, 1.82) is 0 Å². The van der Waals surface area contributed by atoms with Gasteiger partial charge in [-0.2, -0.15) is 13.2 Å². The molecule has 1 heterocycles. The van der Waals surface area contributed by atoms with Gasteiger partial charge >= 0.3 is 12.1 Å². The largest absolute Gasteiger partial charge is 0.479 e. The summed E-state index contributed by atoms with van der Waals surface area (Å²) in [7, 11) is 0. The number of allylic oxidation sites excluding steroid dienone is 1. The quantitative estimate of drug-likeness (QED) is 0.355. The van der Waals surface area contributed by atoms with Crippen molar-refractivity contribution < 1.29 is 36.6 Å². The maximum Gasteiger partial charge on any atom is 0.409 e. The fraction of sp³-hybridized carbons (Fsp3) is 0.222. The van der Waals surface area contributed by atoms with Crippen LogP contribution in [0.15, 0.2) is 48.7 Å². The van der Waals surface area contributed by atoms with E-state index in [1.54, 1.807) is 0 Å². The van der Waals surface area contributed by atoms with Gasteiger partial charge in [-0.25, -0.2) is 14.2 Å². The van der Waals surface area contributed by atoms with Crippen molar-refractivity contribution in [3.05, 3.63) is 59.5 Å². The summed E-state index contributed by atoms with van der Waals surface area (Å²) < 4.78 is 64.8. The minimum atomic E-state index is -4.47. The molecular weight excluding hydrogens is 406 g/mol. The number of carbonyl (C=O) groups is 1. The molecule has 0 aliphatic rings. The lowest BCUT2D eigenvalue weighted by atomic mass is 10.3.